The molecule has 13 heteroatoms. The van der Waals surface area contributed by atoms with Crippen LogP contribution in [-0.4, -0.2) is 59.1 Å². The van der Waals surface area contributed by atoms with Crippen LogP contribution in [0.1, 0.15) is 74.0 Å². The van der Waals surface area contributed by atoms with E-state index in [-0.39, 0.29) is 36.4 Å². The molecule has 0 spiro atoms. The number of phenols is 1. The number of pyridine rings is 1. The molecule has 1 aliphatic heterocycles. The van der Waals surface area contributed by atoms with E-state index in [1.807, 2.05) is 81.9 Å². The second-order valence-electron chi connectivity index (χ2n) is 14.9. The number of aromatic hydroxyl groups is 1. The van der Waals surface area contributed by atoms with Gasteiger partial charge in [-0.05, 0) is 101 Å². The summed E-state index contributed by atoms with van der Waals surface area (Å²) in [7, 11) is 1.90. The minimum atomic E-state index is -1.14. The SMILES string of the molecule is Cc1cc(OCCCc2c3n(c4c(-c5c(C)nn(C)c5C)c(Cl)ccc24)[C@H](C)CN(c2cc(O)cc4c(C(=O)O)cn(Cc5ccccn5)c24)C3=O)cc(C)c1Cl. The molecule has 1 atom stereocenters. The number of nitrogens with zero attached hydrogens (tertiary/aromatic N) is 6. The topological polar surface area (TPSA) is 128 Å². The summed E-state index contributed by atoms with van der Waals surface area (Å²) in [4.78, 5) is 34.1. The number of aryl methyl sites for hydroxylation is 5. The van der Waals surface area contributed by atoms with Crippen LogP contribution in [0, 0.1) is 27.7 Å². The summed E-state index contributed by atoms with van der Waals surface area (Å²) < 4.78 is 12.0. The number of rotatable bonds is 10. The zero-order valence-electron chi connectivity index (χ0n) is 32.5. The lowest BCUT2D eigenvalue weighted by molar-refractivity contribution is 0.0698. The number of halogens is 2. The molecule has 0 bridgehead atoms. The number of amides is 1. The quantitative estimate of drug-likeness (QED) is 0.132. The van der Waals surface area contributed by atoms with Crippen molar-refractivity contribution in [3.8, 4) is 22.6 Å². The van der Waals surface area contributed by atoms with Crippen molar-refractivity contribution in [1.82, 2.24) is 23.9 Å². The Kier molecular flexibility index (Phi) is 9.78. The number of hydrogen-bond donors (Lipinski definition) is 2. The highest BCUT2D eigenvalue weighted by molar-refractivity contribution is 6.35. The maximum Gasteiger partial charge on any atom is 0.337 e. The van der Waals surface area contributed by atoms with Crippen LogP contribution < -0.4 is 9.64 Å². The molecule has 3 aromatic carbocycles. The standard InChI is InChI=1S/C44H42Cl2N6O5/c1-23-16-30(17-24(2)39(23)46)57-15-9-11-31-32-12-13-35(45)38(37-26(4)48-49(6)27(37)5)41(32)52-25(3)20-51(43(54)42(31)52)36-19-29(53)18-33-34(44(55)56)22-50(40(33)36)21-28-10-7-8-14-47-28/h7-8,10,12-14,16-19,22,25,53H,9,11,15,20-21H2,1-6H3,(H,55,56)/t25-/m1/s1. The second kappa shape index (κ2) is 14.6. The van der Waals surface area contributed by atoms with Crippen molar-refractivity contribution in [3.05, 3.63) is 122 Å². The van der Waals surface area contributed by atoms with Crippen molar-refractivity contribution >= 4 is 62.6 Å². The van der Waals surface area contributed by atoms with Gasteiger partial charge in [0.25, 0.3) is 5.91 Å². The predicted octanol–water partition coefficient (Wildman–Crippen LogP) is 9.62. The molecule has 8 rings (SSSR count). The van der Waals surface area contributed by atoms with Gasteiger partial charge in [-0.2, -0.15) is 5.10 Å². The van der Waals surface area contributed by atoms with Crippen LogP contribution in [0.4, 0.5) is 5.69 Å². The number of phenolic OH excluding ortho intramolecular Hbond substituents is 1. The number of carboxylic acid groups (broad SMARTS) is 1. The van der Waals surface area contributed by atoms with Gasteiger partial charge in [0.1, 0.15) is 17.2 Å². The van der Waals surface area contributed by atoms with Crippen LogP contribution in [0.5, 0.6) is 11.5 Å². The lowest BCUT2D eigenvalue weighted by atomic mass is 9.98. The molecule has 2 N–H and O–H groups in total. The van der Waals surface area contributed by atoms with E-state index < -0.39 is 5.97 Å². The Hall–Kier alpha value is -5.78. The fourth-order valence-corrected chi connectivity index (χ4v) is 8.86. The maximum atomic E-state index is 15.3. The minimum absolute atomic E-state index is 0.0120. The lowest BCUT2D eigenvalue weighted by Crippen LogP contribution is -2.43. The van der Waals surface area contributed by atoms with E-state index in [1.54, 1.807) is 27.9 Å². The van der Waals surface area contributed by atoms with Gasteiger partial charge in [-0.25, -0.2) is 4.79 Å². The molecule has 0 saturated carbocycles. The van der Waals surface area contributed by atoms with Gasteiger partial charge in [0, 0.05) is 70.7 Å². The van der Waals surface area contributed by atoms with Crippen molar-refractivity contribution < 1.29 is 24.5 Å². The Morgan fingerprint density at radius 2 is 1.74 bits per heavy atom. The number of aromatic nitrogens is 5. The first-order chi connectivity index (χ1) is 27.2. The molecule has 0 fully saturated rings. The molecule has 0 aliphatic carbocycles. The van der Waals surface area contributed by atoms with Gasteiger partial charge in [0.15, 0.2) is 0 Å². The van der Waals surface area contributed by atoms with E-state index in [4.69, 9.17) is 33.0 Å². The number of aromatic carboxylic acids is 1. The van der Waals surface area contributed by atoms with Gasteiger partial charge in [0.2, 0.25) is 0 Å². The molecule has 0 unspecified atom stereocenters. The average Bonchev–Trinajstić information content (AvgIpc) is 3.79. The summed E-state index contributed by atoms with van der Waals surface area (Å²) in [5.74, 6) is -0.842. The Bertz CT molecular complexity index is 2740. The maximum absolute atomic E-state index is 15.3. The van der Waals surface area contributed by atoms with Crippen LogP contribution in [-0.2, 0) is 20.0 Å². The third kappa shape index (κ3) is 6.48. The highest BCUT2D eigenvalue weighted by atomic mass is 35.5. The largest absolute Gasteiger partial charge is 0.508 e. The van der Waals surface area contributed by atoms with E-state index in [9.17, 15) is 15.0 Å². The van der Waals surface area contributed by atoms with Crippen molar-refractivity contribution in [2.24, 2.45) is 7.05 Å². The first-order valence-corrected chi connectivity index (χ1v) is 19.6. The number of benzene rings is 3. The van der Waals surface area contributed by atoms with Crippen molar-refractivity contribution in [2.45, 2.75) is 60.0 Å². The van der Waals surface area contributed by atoms with Gasteiger partial charge in [-0.15, -0.1) is 0 Å². The third-order valence-corrected chi connectivity index (χ3v) is 12.0. The van der Waals surface area contributed by atoms with E-state index in [1.165, 1.54) is 6.07 Å². The highest BCUT2D eigenvalue weighted by Gasteiger charge is 2.38. The van der Waals surface area contributed by atoms with E-state index in [0.29, 0.717) is 57.5 Å². The number of anilines is 1. The van der Waals surface area contributed by atoms with Crippen LogP contribution in [0.15, 0.2) is 67.0 Å². The van der Waals surface area contributed by atoms with E-state index >= 15 is 4.79 Å². The molecule has 0 radical (unpaired) electrons. The van der Waals surface area contributed by atoms with Gasteiger partial charge >= 0.3 is 5.97 Å². The molecular formula is C44H42Cl2N6O5. The van der Waals surface area contributed by atoms with Crippen LogP contribution in [0.25, 0.3) is 32.9 Å². The Morgan fingerprint density at radius 3 is 2.40 bits per heavy atom. The molecule has 1 amide bonds. The molecule has 4 aromatic heterocycles. The first-order valence-electron chi connectivity index (χ1n) is 18.8. The summed E-state index contributed by atoms with van der Waals surface area (Å²) in [6, 6.07) is 16.0. The average molecular weight is 806 g/mol. The molecule has 292 valence electrons. The molecule has 1 aliphatic rings. The molecule has 7 aromatic rings. The first kappa shape index (κ1) is 38.1. The van der Waals surface area contributed by atoms with Gasteiger partial charge < -0.3 is 29.0 Å². The summed E-state index contributed by atoms with van der Waals surface area (Å²) >= 11 is 13.5. The van der Waals surface area contributed by atoms with E-state index in [2.05, 4.69) is 16.5 Å². The molecule has 57 heavy (non-hydrogen) atoms. The van der Waals surface area contributed by atoms with Crippen molar-refractivity contribution in [2.75, 3.05) is 18.1 Å². The Balaban J connectivity index is 1.30. The zero-order chi connectivity index (χ0) is 40.4. The van der Waals surface area contributed by atoms with Gasteiger partial charge in [-0.3, -0.25) is 14.5 Å². The predicted molar refractivity (Wildman–Crippen MR) is 224 cm³/mol. The normalized spacial score (nSPS) is 14.2. The molecule has 11 nitrogen and oxygen atoms in total. The summed E-state index contributed by atoms with van der Waals surface area (Å²) in [5.41, 5.74) is 9.22. The van der Waals surface area contributed by atoms with Gasteiger partial charge in [-0.1, -0.05) is 35.3 Å². The number of carbonyl (C=O) groups excluding carboxylic acids is 1. The zero-order valence-corrected chi connectivity index (χ0v) is 34.0. The van der Waals surface area contributed by atoms with Crippen molar-refractivity contribution in [1.29, 1.82) is 0 Å². The monoisotopic (exact) mass is 804 g/mol. The third-order valence-electron chi connectivity index (χ3n) is 11.1. The Morgan fingerprint density at radius 1 is 0.982 bits per heavy atom. The van der Waals surface area contributed by atoms with Crippen LogP contribution in [0.3, 0.4) is 0 Å². The fraction of sp³-hybridized carbons (Fsp3) is 0.273. The number of ether oxygens (including phenoxy) is 1. The summed E-state index contributed by atoms with van der Waals surface area (Å²) in [5, 5.41) is 28.6. The molecular weight excluding hydrogens is 763 g/mol. The molecule has 5 heterocycles. The minimum Gasteiger partial charge on any atom is -0.508 e. The van der Waals surface area contributed by atoms with Crippen molar-refractivity contribution in [3.63, 3.8) is 0 Å². The summed E-state index contributed by atoms with van der Waals surface area (Å²) in [6.07, 6.45) is 4.33. The van der Waals surface area contributed by atoms with Gasteiger partial charge in [0.05, 0.1) is 51.8 Å². The Labute approximate surface area is 339 Å². The van der Waals surface area contributed by atoms with Crippen LogP contribution >= 0.6 is 23.2 Å². The number of carbonyl (C=O) groups is 2. The number of carboxylic acids is 1. The lowest BCUT2D eigenvalue weighted by Gasteiger charge is -2.35. The van der Waals surface area contributed by atoms with Crippen LogP contribution in [0.2, 0.25) is 10.0 Å². The number of fused-ring (bicyclic) bond motifs is 4. The fourth-order valence-electron chi connectivity index (χ4n) is 8.51. The smallest absolute Gasteiger partial charge is 0.337 e. The highest BCUT2D eigenvalue weighted by Crippen LogP contribution is 2.46. The molecule has 0 saturated heterocycles. The number of hydrogen-bond acceptors (Lipinski definition) is 6. The summed E-state index contributed by atoms with van der Waals surface area (Å²) in [6.45, 7) is 10.8. The van der Waals surface area contributed by atoms with E-state index in [0.717, 1.165) is 55.9 Å². The second-order valence-corrected chi connectivity index (χ2v) is 15.7.